The van der Waals surface area contributed by atoms with E-state index in [4.69, 9.17) is 0 Å². The predicted octanol–water partition coefficient (Wildman–Crippen LogP) is 5.77. The third kappa shape index (κ3) is 5.76. The molecule has 140 valence electrons. The van der Waals surface area contributed by atoms with Gasteiger partial charge in [-0.3, -0.25) is 4.90 Å². The highest BCUT2D eigenvalue weighted by Crippen LogP contribution is 2.33. The number of unbranched alkanes of at least 4 members (excludes halogenated alkanes) is 1. The molecule has 1 heterocycles. The highest BCUT2D eigenvalue weighted by Gasteiger charge is 2.19. The molecule has 1 aromatic rings. The number of nitrogens with zero attached hydrogens (tertiary/aromatic N) is 2. The second-order valence-electron chi connectivity index (χ2n) is 7.38. The summed E-state index contributed by atoms with van der Waals surface area (Å²) in [6.45, 7) is 8.34. The second kappa shape index (κ2) is 10.9. The number of anilines is 1. The van der Waals surface area contributed by atoms with Crippen LogP contribution in [-0.4, -0.2) is 37.6 Å². The van der Waals surface area contributed by atoms with Gasteiger partial charge in [-0.15, -0.1) is 12.4 Å². The number of rotatable bonds is 5. The summed E-state index contributed by atoms with van der Waals surface area (Å²) >= 11 is 0. The van der Waals surface area contributed by atoms with Gasteiger partial charge in [-0.25, -0.2) is 0 Å². The molecule has 0 aromatic heterocycles. The number of hydrogen-bond donors (Lipinski definition) is 0. The number of piperazine rings is 1. The van der Waals surface area contributed by atoms with Crippen LogP contribution in [0.5, 0.6) is 0 Å². The Balaban J connectivity index is 0.00000225. The molecule has 1 saturated heterocycles. The zero-order valence-electron chi connectivity index (χ0n) is 15.9. The SMILES string of the molecule is CCCCN1CCN(c2ccccc2C2=CCCCCCC2)CC1.Cl. The van der Waals surface area contributed by atoms with Gasteiger partial charge in [0.15, 0.2) is 0 Å². The van der Waals surface area contributed by atoms with E-state index in [1.165, 1.54) is 95.3 Å². The number of hydrogen-bond acceptors (Lipinski definition) is 2. The molecule has 25 heavy (non-hydrogen) atoms. The van der Waals surface area contributed by atoms with E-state index in [1.807, 2.05) is 0 Å². The van der Waals surface area contributed by atoms with Crippen LogP contribution in [0.4, 0.5) is 5.69 Å². The third-order valence-corrected chi connectivity index (χ3v) is 5.58. The standard InChI is InChI=1S/C22H34N2.ClH/c1-2-3-15-23-16-18-24(19-17-23)22-14-10-9-13-21(22)20-11-7-5-4-6-8-12-20;/h9-11,13-14H,2-8,12,15-19H2,1H3;1H. The van der Waals surface area contributed by atoms with E-state index in [1.54, 1.807) is 5.57 Å². The molecule has 2 aliphatic rings. The third-order valence-electron chi connectivity index (χ3n) is 5.58. The molecule has 1 aliphatic carbocycles. The minimum atomic E-state index is 0. The minimum Gasteiger partial charge on any atom is -0.368 e. The first-order chi connectivity index (χ1) is 11.9. The summed E-state index contributed by atoms with van der Waals surface area (Å²) in [4.78, 5) is 5.26. The van der Waals surface area contributed by atoms with Crippen molar-refractivity contribution in [1.82, 2.24) is 4.90 Å². The first kappa shape index (κ1) is 20.3. The van der Waals surface area contributed by atoms with Gasteiger partial charge >= 0.3 is 0 Å². The van der Waals surface area contributed by atoms with Crippen molar-refractivity contribution >= 4 is 23.7 Å². The van der Waals surface area contributed by atoms with Gasteiger partial charge in [-0.1, -0.05) is 50.5 Å². The Hall–Kier alpha value is -0.990. The normalized spacial score (nSPS) is 19.6. The molecule has 0 radical (unpaired) electrons. The summed E-state index contributed by atoms with van der Waals surface area (Å²) < 4.78 is 0. The van der Waals surface area contributed by atoms with Gasteiger partial charge in [0.05, 0.1) is 0 Å². The zero-order valence-corrected chi connectivity index (χ0v) is 16.7. The highest BCUT2D eigenvalue weighted by molar-refractivity contribution is 5.85. The lowest BCUT2D eigenvalue weighted by Gasteiger charge is -2.37. The van der Waals surface area contributed by atoms with Crippen LogP contribution in [0, 0.1) is 0 Å². The largest absolute Gasteiger partial charge is 0.368 e. The first-order valence-electron chi connectivity index (χ1n) is 10.1. The van der Waals surface area contributed by atoms with E-state index in [0.717, 1.165) is 0 Å². The Labute approximate surface area is 160 Å². The van der Waals surface area contributed by atoms with Crippen LogP contribution in [0.15, 0.2) is 30.3 Å². The fourth-order valence-electron chi connectivity index (χ4n) is 4.05. The van der Waals surface area contributed by atoms with E-state index in [9.17, 15) is 0 Å². The monoisotopic (exact) mass is 362 g/mol. The smallest absolute Gasteiger partial charge is 0.0443 e. The maximum atomic E-state index is 2.64. The number of benzene rings is 1. The summed E-state index contributed by atoms with van der Waals surface area (Å²) in [6.07, 6.45) is 13.2. The summed E-state index contributed by atoms with van der Waals surface area (Å²) in [5.74, 6) is 0. The summed E-state index contributed by atoms with van der Waals surface area (Å²) in [7, 11) is 0. The van der Waals surface area contributed by atoms with Crippen LogP contribution in [0.25, 0.3) is 5.57 Å². The van der Waals surface area contributed by atoms with Crippen LogP contribution in [-0.2, 0) is 0 Å². The van der Waals surface area contributed by atoms with Crippen molar-refractivity contribution in [2.45, 2.75) is 58.3 Å². The molecule has 1 fully saturated rings. The summed E-state index contributed by atoms with van der Waals surface area (Å²) in [5.41, 5.74) is 4.57. The quantitative estimate of drug-likeness (QED) is 0.656. The van der Waals surface area contributed by atoms with E-state index >= 15 is 0 Å². The summed E-state index contributed by atoms with van der Waals surface area (Å²) in [6, 6.07) is 9.13. The topological polar surface area (TPSA) is 6.48 Å². The fraction of sp³-hybridized carbons (Fsp3) is 0.636. The van der Waals surface area contributed by atoms with Crippen LogP contribution in [0.1, 0.15) is 63.9 Å². The molecule has 0 bridgehead atoms. The van der Waals surface area contributed by atoms with Crippen LogP contribution >= 0.6 is 12.4 Å². The van der Waals surface area contributed by atoms with Crippen molar-refractivity contribution in [3.05, 3.63) is 35.9 Å². The molecule has 3 rings (SSSR count). The average molecular weight is 363 g/mol. The summed E-state index contributed by atoms with van der Waals surface area (Å²) in [5, 5.41) is 0. The lowest BCUT2D eigenvalue weighted by Crippen LogP contribution is -2.46. The molecule has 0 atom stereocenters. The zero-order chi connectivity index (χ0) is 16.6. The van der Waals surface area contributed by atoms with Crippen LogP contribution < -0.4 is 4.90 Å². The number of para-hydroxylation sites is 1. The Morgan fingerprint density at radius 2 is 1.68 bits per heavy atom. The van der Waals surface area contributed by atoms with Crippen molar-refractivity contribution in [2.24, 2.45) is 0 Å². The average Bonchev–Trinajstić information content (AvgIpc) is 2.60. The lowest BCUT2D eigenvalue weighted by atomic mass is 9.93. The Kier molecular flexibility index (Phi) is 8.84. The fourth-order valence-corrected chi connectivity index (χ4v) is 4.05. The Morgan fingerprint density at radius 3 is 2.48 bits per heavy atom. The van der Waals surface area contributed by atoms with Crippen molar-refractivity contribution in [2.75, 3.05) is 37.6 Å². The molecule has 3 heteroatoms. The van der Waals surface area contributed by atoms with E-state index < -0.39 is 0 Å². The van der Waals surface area contributed by atoms with Gasteiger partial charge in [0.2, 0.25) is 0 Å². The minimum absolute atomic E-state index is 0. The number of halogens is 1. The van der Waals surface area contributed by atoms with Gasteiger partial charge in [-0.2, -0.15) is 0 Å². The molecule has 1 aliphatic heterocycles. The van der Waals surface area contributed by atoms with Crippen molar-refractivity contribution < 1.29 is 0 Å². The molecule has 0 amide bonds. The maximum Gasteiger partial charge on any atom is 0.0443 e. The molecule has 0 saturated carbocycles. The van der Waals surface area contributed by atoms with Gasteiger partial charge in [0.25, 0.3) is 0 Å². The molecule has 0 unspecified atom stereocenters. The van der Waals surface area contributed by atoms with Gasteiger partial charge in [0, 0.05) is 37.4 Å². The number of allylic oxidation sites excluding steroid dienone is 2. The van der Waals surface area contributed by atoms with Gasteiger partial charge in [0.1, 0.15) is 0 Å². The molecular formula is C22H35ClN2. The molecule has 0 N–H and O–H groups in total. The van der Waals surface area contributed by atoms with Crippen molar-refractivity contribution in [3.8, 4) is 0 Å². The maximum absolute atomic E-state index is 2.64. The van der Waals surface area contributed by atoms with Crippen molar-refractivity contribution in [1.29, 1.82) is 0 Å². The highest BCUT2D eigenvalue weighted by atomic mass is 35.5. The van der Waals surface area contributed by atoms with Crippen LogP contribution in [0.3, 0.4) is 0 Å². The van der Waals surface area contributed by atoms with Crippen molar-refractivity contribution in [3.63, 3.8) is 0 Å². The lowest BCUT2D eigenvalue weighted by molar-refractivity contribution is 0.254. The van der Waals surface area contributed by atoms with Gasteiger partial charge in [-0.05, 0) is 50.3 Å². The van der Waals surface area contributed by atoms with Crippen LogP contribution in [0.2, 0.25) is 0 Å². The van der Waals surface area contributed by atoms with E-state index in [2.05, 4.69) is 47.1 Å². The second-order valence-corrected chi connectivity index (χ2v) is 7.38. The van der Waals surface area contributed by atoms with Gasteiger partial charge < -0.3 is 4.90 Å². The molecule has 2 nitrogen and oxygen atoms in total. The Bertz CT molecular complexity index is 533. The Morgan fingerprint density at radius 1 is 0.920 bits per heavy atom. The predicted molar refractivity (Wildman–Crippen MR) is 113 cm³/mol. The first-order valence-corrected chi connectivity index (χ1v) is 10.1. The molecule has 0 spiro atoms. The molecular weight excluding hydrogens is 328 g/mol. The molecule has 1 aromatic carbocycles. The van der Waals surface area contributed by atoms with E-state index in [-0.39, 0.29) is 12.4 Å². The van der Waals surface area contributed by atoms with E-state index in [0.29, 0.717) is 0 Å².